The van der Waals surface area contributed by atoms with Crippen molar-refractivity contribution in [1.29, 1.82) is 0 Å². The van der Waals surface area contributed by atoms with Crippen LogP contribution in [-0.4, -0.2) is 26.4 Å². The molecule has 0 aromatic carbocycles. The van der Waals surface area contributed by atoms with Crippen molar-refractivity contribution in [3.63, 3.8) is 0 Å². The average Bonchev–Trinajstić information content (AvgIpc) is 3.34. The summed E-state index contributed by atoms with van der Waals surface area (Å²) < 4.78 is 10.4. The maximum Gasteiger partial charge on any atom is 0.0701 e. The molecule has 2 heteroatoms. The molecule has 20 heavy (non-hydrogen) atoms. The number of hydrogen-bond donors (Lipinski definition) is 0. The fraction of sp³-hybridized carbons (Fsp3) is 1.00. The van der Waals surface area contributed by atoms with E-state index in [2.05, 4.69) is 32.4 Å². The Kier molecular flexibility index (Phi) is 15.3. The molecule has 0 radical (unpaired) electrons. The number of rotatable bonds is 12. The summed E-state index contributed by atoms with van der Waals surface area (Å²) in [6, 6.07) is 0. The summed E-state index contributed by atoms with van der Waals surface area (Å²) in [5, 5.41) is 0. The second kappa shape index (κ2) is 15.3. The lowest BCUT2D eigenvalue weighted by Gasteiger charge is -2.18. The zero-order valence-corrected chi connectivity index (χ0v) is 14.5. The van der Waals surface area contributed by atoms with E-state index in [0.717, 1.165) is 38.3 Å². The van der Waals surface area contributed by atoms with E-state index >= 15 is 0 Å². The Balaban J connectivity index is 0.00000105. The van der Waals surface area contributed by atoms with Gasteiger partial charge in [0, 0.05) is 13.2 Å². The van der Waals surface area contributed by atoms with Crippen LogP contribution in [0.25, 0.3) is 0 Å². The average molecular weight is 286 g/mol. The maximum atomic E-state index is 5.93. The third-order valence-electron chi connectivity index (χ3n) is 4.00. The van der Waals surface area contributed by atoms with Crippen LogP contribution in [0.4, 0.5) is 0 Å². The third-order valence-corrected chi connectivity index (χ3v) is 4.00. The first kappa shape index (κ1) is 19.9. The van der Waals surface area contributed by atoms with Crippen molar-refractivity contribution in [1.82, 2.24) is 0 Å². The Morgan fingerprint density at radius 2 is 1.20 bits per heavy atom. The van der Waals surface area contributed by atoms with Crippen LogP contribution in [0.5, 0.6) is 0 Å². The Morgan fingerprint density at radius 3 is 1.45 bits per heavy atom. The van der Waals surface area contributed by atoms with Gasteiger partial charge in [0.2, 0.25) is 0 Å². The van der Waals surface area contributed by atoms with Crippen LogP contribution in [0.15, 0.2) is 0 Å². The zero-order valence-electron chi connectivity index (χ0n) is 14.5. The quantitative estimate of drug-likeness (QED) is 0.445. The number of unbranched alkanes of at least 4 members (excludes halogenated alkanes) is 2. The third kappa shape index (κ3) is 14.3. The molecule has 1 fully saturated rings. The molecule has 0 aliphatic carbocycles. The lowest BCUT2D eigenvalue weighted by Crippen LogP contribution is -2.14. The predicted octanol–water partition coefficient (Wildman–Crippen LogP) is 5.45. The van der Waals surface area contributed by atoms with Crippen LogP contribution in [-0.2, 0) is 9.47 Å². The van der Waals surface area contributed by atoms with Gasteiger partial charge in [-0.25, -0.2) is 0 Å². The molecule has 0 aromatic rings. The van der Waals surface area contributed by atoms with Crippen molar-refractivity contribution < 1.29 is 9.47 Å². The van der Waals surface area contributed by atoms with Crippen LogP contribution < -0.4 is 0 Å². The molecule has 1 saturated heterocycles. The molecule has 2 unspecified atom stereocenters. The van der Waals surface area contributed by atoms with Gasteiger partial charge in [0.15, 0.2) is 0 Å². The second-order valence-corrected chi connectivity index (χ2v) is 5.98. The van der Waals surface area contributed by atoms with Crippen molar-refractivity contribution in [2.24, 2.45) is 11.8 Å². The van der Waals surface area contributed by atoms with Crippen molar-refractivity contribution in [2.75, 3.05) is 26.4 Å². The molecule has 0 N–H and O–H groups in total. The normalized spacial score (nSPS) is 16.2. The van der Waals surface area contributed by atoms with E-state index in [9.17, 15) is 0 Å². The first-order valence-electron chi connectivity index (χ1n) is 8.93. The summed E-state index contributed by atoms with van der Waals surface area (Å²) in [4.78, 5) is 0. The highest BCUT2D eigenvalue weighted by molar-refractivity contribution is 4.59. The maximum absolute atomic E-state index is 5.93. The van der Waals surface area contributed by atoms with Gasteiger partial charge in [0.05, 0.1) is 13.2 Å². The summed E-state index contributed by atoms with van der Waals surface area (Å²) >= 11 is 0. The molecular weight excluding hydrogens is 248 g/mol. The smallest absolute Gasteiger partial charge is 0.0701 e. The van der Waals surface area contributed by atoms with Gasteiger partial charge in [-0.1, -0.05) is 66.2 Å². The molecule has 0 amide bonds. The number of epoxide rings is 1. The fourth-order valence-corrected chi connectivity index (χ4v) is 2.20. The topological polar surface area (TPSA) is 21.8 Å². The SMILES string of the molecule is C1CO1.CCCCC(CC)COCC(CC)CCCC. The minimum atomic E-state index is 0.790. The Bertz CT molecular complexity index is 162. The van der Waals surface area contributed by atoms with Crippen molar-refractivity contribution in [2.45, 2.75) is 79.1 Å². The van der Waals surface area contributed by atoms with Crippen LogP contribution in [0.3, 0.4) is 0 Å². The van der Waals surface area contributed by atoms with E-state index in [1.807, 2.05) is 0 Å². The van der Waals surface area contributed by atoms with Gasteiger partial charge < -0.3 is 9.47 Å². The van der Waals surface area contributed by atoms with Crippen molar-refractivity contribution >= 4 is 0 Å². The monoisotopic (exact) mass is 286 g/mol. The van der Waals surface area contributed by atoms with Gasteiger partial charge >= 0.3 is 0 Å². The van der Waals surface area contributed by atoms with E-state index in [1.165, 1.54) is 51.4 Å². The Morgan fingerprint density at radius 1 is 0.800 bits per heavy atom. The van der Waals surface area contributed by atoms with E-state index < -0.39 is 0 Å². The van der Waals surface area contributed by atoms with Gasteiger partial charge in [-0.05, 0) is 24.7 Å². The minimum absolute atomic E-state index is 0.790. The summed E-state index contributed by atoms with van der Waals surface area (Å²) in [6.07, 6.45) is 10.6. The standard InChI is InChI=1S/C16H34O.C2H4O/c1-5-9-11-15(7-3)13-17-14-16(8-4)12-10-6-2;1-2-3-1/h15-16H,5-14H2,1-4H3;1-2H2. The lowest BCUT2D eigenvalue weighted by atomic mass is 9.99. The van der Waals surface area contributed by atoms with Crippen LogP contribution in [0.2, 0.25) is 0 Å². The zero-order chi connectivity index (χ0) is 15.1. The molecule has 0 aromatic heterocycles. The molecule has 0 saturated carbocycles. The van der Waals surface area contributed by atoms with Crippen molar-refractivity contribution in [3.05, 3.63) is 0 Å². The van der Waals surface area contributed by atoms with E-state index in [0.29, 0.717) is 0 Å². The molecule has 1 aliphatic heterocycles. The fourth-order valence-electron chi connectivity index (χ4n) is 2.20. The van der Waals surface area contributed by atoms with Crippen molar-refractivity contribution in [3.8, 4) is 0 Å². The molecule has 122 valence electrons. The van der Waals surface area contributed by atoms with Gasteiger partial charge in [-0.2, -0.15) is 0 Å². The molecule has 1 rings (SSSR count). The molecule has 2 atom stereocenters. The van der Waals surface area contributed by atoms with Gasteiger partial charge in [-0.3, -0.25) is 0 Å². The molecule has 1 heterocycles. The van der Waals surface area contributed by atoms with Crippen LogP contribution in [0, 0.1) is 11.8 Å². The predicted molar refractivity (Wildman–Crippen MR) is 88.3 cm³/mol. The number of ether oxygens (including phenoxy) is 2. The lowest BCUT2D eigenvalue weighted by molar-refractivity contribution is 0.0630. The van der Waals surface area contributed by atoms with Crippen LogP contribution in [0.1, 0.15) is 79.1 Å². The van der Waals surface area contributed by atoms with Gasteiger partial charge in [-0.15, -0.1) is 0 Å². The van der Waals surface area contributed by atoms with Crippen LogP contribution >= 0.6 is 0 Å². The van der Waals surface area contributed by atoms with E-state index in [-0.39, 0.29) is 0 Å². The summed E-state index contributed by atoms with van der Waals surface area (Å²) in [5.74, 6) is 1.58. The minimum Gasteiger partial charge on any atom is -0.381 e. The Labute approximate surface area is 127 Å². The molecule has 2 nitrogen and oxygen atoms in total. The molecular formula is C18H38O2. The highest BCUT2D eigenvalue weighted by Crippen LogP contribution is 2.16. The molecule has 0 spiro atoms. The highest BCUT2D eigenvalue weighted by Gasteiger charge is 2.09. The summed E-state index contributed by atoms with van der Waals surface area (Å²) in [7, 11) is 0. The first-order valence-corrected chi connectivity index (χ1v) is 8.93. The van der Waals surface area contributed by atoms with Gasteiger partial charge in [0.1, 0.15) is 0 Å². The Hall–Kier alpha value is -0.0800. The molecule has 1 aliphatic rings. The highest BCUT2D eigenvalue weighted by atomic mass is 16.6. The van der Waals surface area contributed by atoms with E-state index in [4.69, 9.17) is 4.74 Å². The van der Waals surface area contributed by atoms with E-state index in [1.54, 1.807) is 0 Å². The summed E-state index contributed by atoms with van der Waals surface area (Å²) in [5.41, 5.74) is 0. The molecule has 0 bridgehead atoms. The second-order valence-electron chi connectivity index (χ2n) is 5.98. The number of hydrogen-bond acceptors (Lipinski definition) is 2. The largest absolute Gasteiger partial charge is 0.381 e. The summed E-state index contributed by atoms with van der Waals surface area (Å²) in [6.45, 7) is 13.1. The first-order chi connectivity index (χ1) is 9.78. The van der Waals surface area contributed by atoms with Gasteiger partial charge in [0.25, 0.3) is 0 Å².